The zero-order valence-electron chi connectivity index (χ0n) is 15.1. The van der Waals surface area contributed by atoms with E-state index in [1.165, 1.54) is 16.2 Å². The van der Waals surface area contributed by atoms with Crippen molar-refractivity contribution >= 4 is 50.9 Å². The SMILES string of the molecule is Cc1nn(-c2ccccc2Cl)c2sc(C(=O)NCCN3C(=O)CCC3=O)cc12. The number of halogens is 1. The quantitative estimate of drug-likeness (QED) is 0.648. The van der Waals surface area contributed by atoms with Gasteiger partial charge in [-0.3, -0.25) is 19.3 Å². The Labute approximate surface area is 169 Å². The maximum Gasteiger partial charge on any atom is 0.261 e. The summed E-state index contributed by atoms with van der Waals surface area (Å²) < 4.78 is 1.75. The first-order valence-electron chi connectivity index (χ1n) is 8.81. The van der Waals surface area contributed by atoms with Crippen molar-refractivity contribution in [2.45, 2.75) is 19.8 Å². The van der Waals surface area contributed by atoms with Crippen molar-refractivity contribution < 1.29 is 14.4 Å². The van der Waals surface area contributed by atoms with Crippen LogP contribution in [0.4, 0.5) is 0 Å². The number of benzene rings is 1. The number of amides is 3. The normalized spacial score (nSPS) is 14.3. The van der Waals surface area contributed by atoms with Gasteiger partial charge in [-0.25, -0.2) is 4.68 Å². The van der Waals surface area contributed by atoms with E-state index in [0.717, 1.165) is 21.6 Å². The molecule has 3 amide bonds. The number of carbonyl (C=O) groups excluding carboxylic acids is 3. The zero-order valence-corrected chi connectivity index (χ0v) is 16.6. The van der Waals surface area contributed by atoms with Crippen LogP contribution in [0.3, 0.4) is 0 Å². The molecule has 1 aromatic carbocycles. The molecule has 0 unspecified atom stereocenters. The van der Waals surface area contributed by atoms with Crippen molar-refractivity contribution in [1.82, 2.24) is 20.0 Å². The number of rotatable bonds is 5. The van der Waals surface area contributed by atoms with Gasteiger partial charge in [0, 0.05) is 31.3 Å². The fraction of sp³-hybridized carbons (Fsp3) is 0.263. The van der Waals surface area contributed by atoms with E-state index in [1.54, 1.807) is 16.8 Å². The van der Waals surface area contributed by atoms with Gasteiger partial charge in [0.15, 0.2) is 0 Å². The van der Waals surface area contributed by atoms with Crippen molar-refractivity contribution in [3.05, 3.63) is 45.9 Å². The van der Waals surface area contributed by atoms with Crippen molar-refractivity contribution in [2.75, 3.05) is 13.1 Å². The highest BCUT2D eigenvalue weighted by Gasteiger charge is 2.28. The summed E-state index contributed by atoms with van der Waals surface area (Å²) in [6.07, 6.45) is 0.502. The molecule has 9 heteroatoms. The second kappa shape index (κ2) is 7.37. The summed E-state index contributed by atoms with van der Waals surface area (Å²) in [5.74, 6) is -0.612. The fourth-order valence-electron chi connectivity index (χ4n) is 3.19. The van der Waals surface area contributed by atoms with E-state index in [9.17, 15) is 14.4 Å². The minimum absolute atomic E-state index is 0.184. The molecule has 3 heterocycles. The first kappa shape index (κ1) is 18.6. The lowest BCUT2D eigenvalue weighted by Gasteiger charge is -2.13. The monoisotopic (exact) mass is 416 g/mol. The Hall–Kier alpha value is -2.71. The number of carbonyl (C=O) groups is 3. The number of nitrogens with one attached hydrogen (secondary N) is 1. The maximum absolute atomic E-state index is 12.5. The van der Waals surface area contributed by atoms with Crippen LogP contribution in [0.2, 0.25) is 5.02 Å². The van der Waals surface area contributed by atoms with Crippen molar-refractivity contribution in [2.24, 2.45) is 0 Å². The molecule has 0 bridgehead atoms. The molecule has 1 aliphatic rings. The number of fused-ring (bicyclic) bond motifs is 1. The molecule has 0 spiro atoms. The Morgan fingerprint density at radius 2 is 1.96 bits per heavy atom. The van der Waals surface area contributed by atoms with E-state index < -0.39 is 0 Å². The van der Waals surface area contributed by atoms with E-state index in [0.29, 0.717) is 9.90 Å². The molecule has 28 heavy (non-hydrogen) atoms. The van der Waals surface area contributed by atoms with Gasteiger partial charge < -0.3 is 5.32 Å². The number of likely N-dealkylation sites (tertiary alicyclic amines) is 1. The second-order valence-electron chi connectivity index (χ2n) is 6.47. The van der Waals surface area contributed by atoms with Gasteiger partial charge in [0.05, 0.1) is 21.3 Å². The van der Waals surface area contributed by atoms with Crippen LogP contribution < -0.4 is 5.32 Å². The van der Waals surface area contributed by atoms with Gasteiger partial charge in [-0.2, -0.15) is 5.10 Å². The number of hydrogen-bond donors (Lipinski definition) is 1. The molecule has 144 valence electrons. The number of aryl methyl sites for hydroxylation is 1. The van der Waals surface area contributed by atoms with Crippen molar-refractivity contribution in [3.8, 4) is 5.69 Å². The second-order valence-corrected chi connectivity index (χ2v) is 7.91. The molecule has 0 saturated carbocycles. The topological polar surface area (TPSA) is 84.3 Å². The van der Waals surface area contributed by atoms with Gasteiger partial charge in [0.25, 0.3) is 5.91 Å². The summed E-state index contributed by atoms with van der Waals surface area (Å²) in [7, 11) is 0. The molecule has 4 rings (SSSR count). The highest BCUT2D eigenvalue weighted by molar-refractivity contribution is 7.20. The van der Waals surface area contributed by atoms with Crippen LogP contribution >= 0.6 is 22.9 Å². The van der Waals surface area contributed by atoms with Gasteiger partial charge in [-0.05, 0) is 25.1 Å². The summed E-state index contributed by atoms with van der Waals surface area (Å²) in [5.41, 5.74) is 1.56. The number of imide groups is 1. The molecule has 1 fully saturated rings. The maximum atomic E-state index is 12.5. The third-order valence-electron chi connectivity index (χ3n) is 4.62. The summed E-state index contributed by atoms with van der Waals surface area (Å²) >= 11 is 7.62. The molecule has 1 aliphatic heterocycles. The average Bonchev–Trinajstić information content (AvgIpc) is 3.33. The first-order chi connectivity index (χ1) is 13.5. The van der Waals surface area contributed by atoms with Gasteiger partial charge in [-0.15, -0.1) is 11.3 Å². The summed E-state index contributed by atoms with van der Waals surface area (Å²) in [6, 6.07) is 9.20. The lowest BCUT2D eigenvalue weighted by Crippen LogP contribution is -2.37. The van der Waals surface area contributed by atoms with E-state index in [4.69, 9.17) is 11.6 Å². The van der Waals surface area contributed by atoms with Crippen LogP contribution in [0, 0.1) is 6.92 Å². The summed E-state index contributed by atoms with van der Waals surface area (Å²) in [5, 5.41) is 8.78. The number of para-hydroxylation sites is 1. The van der Waals surface area contributed by atoms with Gasteiger partial charge in [0.1, 0.15) is 4.83 Å². The molecule has 0 aliphatic carbocycles. The highest BCUT2D eigenvalue weighted by Crippen LogP contribution is 2.32. The number of aromatic nitrogens is 2. The van der Waals surface area contributed by atoms with Crippen LogP contribution in [-0.4, -0.2) is 45.5 Å². The van der Waals surface area contributed by atoms with Crippen molar-refractivity contribution in [3.63, 3.8) is 0 Å². The molecule has 1 N–H and O–H groups in total. The van der Waals surface area contributed by atoms with Crippen LogP contribution in [0.5, 0.6) is 0 Å². The average molecular weight is 417 g/mol. The zero-order chi connectivity index (χ0) is 19.8. The van der Waals surface area contributed by atoms with E-state index >= 15 is 0 Å². The van der Waals surface area contributed by atoms with E-state index in [1.807, 2.05) is 25.1 Å². The summed E-state index contributed by atoms with van der Waals surface area (Å²) in [4.78, 5) is 38.3. The third-order valence-corrected chi connectivity index (χ3v) is 6.05. The predicted molar refractivity (Wildman–Crippen MR) is 107 cm³/mol. The fourth-order valence-corrected chi connectivity index (χ4v) is 4.49. The van der Waals surface area contributed by atoms with Crippen LogP contribution in [0.15, 0.2) is 30.3 Å². The molecule has 2 aromatic heterocycles. The van der Waals surface area contributed by atoms with Gasteiger partial charge in [0.2, 0.25) is 11.8 Å². The molecular weight excluding hydrogens is 400 g/mol. The largest absolute Gasteiger partial charge is 0.350 e. The van der Waals surface area contributed by atoms with E-state index in [-0.39, 0.29) is 43.7 Å². The van der Waals surface area contributed by atoms with Crippen LogP contribution in [0.25, 0.3) is 15.9 Å². The minimum Gasteiger partial charge on any atom is -0.350 e. The Morgan fingerprint density at radius 1 is 1.25 bits per heavy atom. The number of nitrogens with zero attached hydrogens (tertiary/aromatic N) is 3. The number of hydrogen-bond acceptors (Lipinski definition) is 5. The van der Waals surface area contributed by atoms with Gasteiger partial charge in [-0.1, -0.05) is 23.7 Å². The molecule has 3 aromatic rings. The standard InChI is InChI=1S/C19H17ClN4O3S/c1-11-12-10-15(18(27)21-8-9-23-16(25)6-7-17(23)26)28-19(12)24(22-11)14-5-3-2-4-13(14)20/h2-5,10H,6-9H2,1H3,(H,21,27). The molecule has 0 atom stereocenters. The smallest absolute Gasteiger partial charge is 0.261 e. The molecule has 7 nitrogen and oxygen atoms in total. The Kier molecular flexibility index (Phi) is 4.91. The molecule has 1 saturated heterocycles. The molecular formula is C19H17ClN4O3S. The first-order valence-corrected chi connectivity index (χ1v) is 10.0. The highest BCUT2D eigenvalue weighted by atomic mass is 35.5. The van der Waals surface area contributed by atoms with Gasteiger partial charge >= 0.3 is 0 Å². The van der Waals surface area contributed by atoms with Crippen LogP contribution in [0.1, 0.15) is 28.2 Å². The van der Waals surface area contributed by atoms with E-state index in [2.05, 4.69) is 10.4 Å². The predicted octanol–water partition coefficient (Wildman–Crippen LogP) is 2.93. The Bertz CT molecular complexity index is 1090. The summed E-state index contributed by atoms with van der Waals surface area (Å²) in [6.45, 7) is 2.30. The third kappa shape index (κ3) is 3.29. The lowest BCUT2D eigenvalue weighted by molar-refractivity contribution is -0.138. The lowest BCUT2D eigenvalue weighted by atomic mass is 10.3. The van der Waals surface area contributed by atoms with Crippen molar-refractivity contribution in [1.29, 1.82) is 0 Å². The van der Waals surface area contributed by atoms with Crippen LogP contribution in [-0.2, 0) is 9.59 Å². The minimum atomic E-state index is -0.245. The molecule has 0 radical (unpaired) electrons. The number of thiophene rings is 1. The Morgan fingerprint density at radius 3 is 2.68 bits per heavy atom. The Balaban J connectivity index is 1.52.